The molecule has 2 rings (SSSR count). The van der Waals surface area contributed by atoms with Crippen LogP contribution >= 0.6 is 27.3 Å². The maximum absolute atomic E-state index is 6.47. The second-order valence-electron chi connectivity index (χ2n) is 5.72. The number of halogens is 1. The van der Waals surface area contributed by atoms with E-state index in [4.69, 9.17) is 5.73 Å². The molecule has 2 heterocycles. The van der Waals surface area contributed by atoms with Crippen molar-refractivity contribution in [1.29, 1.82) is 0 Å². The van der Waals surface area contributed by atoms with E-state index < -0.39 is 0 Å². The average molecular weight is 331 g/mol. The zero-order valence-electron chi connectivity index (χ0n) is 11.3. The summed E-state index contributed by atoms with van der Waals surface area (Å²) in [6, 6.07) is 4.49. The fourth-order valence-electron chi connectivity index (χ4n) is 2.63. The van der Waals surface area contributed by atoms with Gasteiger partial charge in [0, 0.05) is 16.5 Å². The zero-order valence-corrected chi connectivity index (χ0v) is 13.7. The first kappa shape index (κ1) is 14.5. The highest BCUT2D eigenvalue weighted by Gasteiger charge is 2.33. The van der Waals surface area contributed by atoms with Crippen molar-refractivity contribution < 1.29 is 0 Å². The van der Waals surface area contributed by atoms with E-state index in [1.54, 1.807) is 11.3 Å². The van der Waals surface area contributed by atoms with Gasteiger partial charge in [0.1, 0.15) is 0 Å². The Morgan fingerprint density at radius 1 is 1.33 bits per heavy atom. The molecule has 0 aromatic carbocycles. The highest BCUT2D eigenvalue weighted by Crippen LogP contribution is 2.28. The Hall–Kier alpha value is 0.1000. The van der Waals surface area contributed by atoms with Gasteiger partial charge >= 0.3 is 0 Å². The molecule has 0 spiro atoms. The van der Waals surface area contributed by atoms with Crippen LogP contribution < -0.4 is 5.73 Å². The maximum Gasteiger partial charge on any atom is 0.0701 e. The van der Waals surface area contributed by atoms with Crippen LogP contribution in [0, 0.1) is 0 Å². The van der Waals surface area contributed by atoms with Gasteiger partial charge in [-0.1, -0.05) is 6.42 Å². The molecular formula is C14H23BrN2S. The Balaban J connectivity index is 1.99. The lowest BCUT2D eigenvalue weighted by Crippen LogP contribution is -2.58. The van der Waals surface area contributed by atoms with Crippen molar-refractivity contribution in [2.75, 3.05) is 13.1 Å². The van der Waals surface area contributed by atoms with Gasteiger partial charge in [0.05, 0.1) is 3.79 Å². The number of hydrogen-bond acceptors (Lipinski definition) is 3. The van der Waals surface area contributed by atoms with Crippen molar-refractivity contribution in [1.82, 2.24) is 4.90 Å². The Morgan fingerprint density at radius 2 is 2.00 bits per heavy atom. The third-order valence-electron chi connectivity index (χ3n) is 4.13. The predicted molar refractivity (Wildman–Crippen MR) is 83.2 cm³/mol. The summed E-state index contributed by atoms with van der Waals surface area (Å²) in [4.78, 5) is 3.95. The van der Waals surface area contributed by atoms with E-state index in [0.29, 0.717) is 0 Å². The van der Waals surface area contributed by atoms with Crippen molar-refractivity contribution in [2.24, 2.45) is 5.73 Å². The molecule has 1 atom stereocenters. The summed E-state index contributed by atoms with van der Waals surface area (Å²) in [6.07, 6.45) is 4.99. The minimum atomic E-state index is 0.0941. The molecule has 0 saturated carbocycles. The van der Waals surface area contributed by atoms with Gasteiger partial charge in [0.15, 0.2) is 0 Å². The monoisotopic (exact) mass is 330 g/mol. The van der Waals surface area contributed by atoms with Crippen molar-refractivity contribution in [3.05, 3.63) is 20.8 Å². The number of nitrogens with two attached hydrogens (primary N) is 1. The molecule has 18 heavy (non-hydrogen) atoms. The van der Waals surface area contributed by atoms with E-state index in [2.05, 4.69) is 46.8 Å². The van der Waals surface area contributed by atoms with Crippen LogP contribution in [0.5, 0.6) is 0 Å². The molecule has 1 unspecified atom stereocenters. The molecule has 1 saturated heterocycles. The van der Waals surface area contributed by atoms with Crippen LogP contribution in [0.15, 0.2) is 15.9 Å². The third kappa shape index (κ3) is 3.35. The molecule has 2 N–H and O–H groups in total. The molecule has 0 amide bonds. The van der Waals surface area contributed by atoms with Crippen LogP contribution in [-0.2, 0) is 6.42 Å². The average Bonchev–Trinajstić information content (AvgIpc) is 2.76. The van der Waals surface area contributed by atoms with E-state index in [9.17, 15) is 0 Å². The molecule has 1 aliphatic rings. The summed E-state index contributed by atoms with van der Waals surface area (Å²) in [5.41, 5.74) is 6.57. The molecule has 1 fully saturated rings. The summed E-state index contributed by atoms with van der Waals surface area (Å²) in [5.74, 6) is 0. The van der Waals surface area contributed by atoms with Gasteiger partial charge in [-0.15, -0.1) is 11.3 Å². The number of hydrogen-bond donors (Lipinski definition) is 1. The predicted octanol–water partition coefficient (Wildman–Crippen LogP) is 3.64. The SMILES string of the molecule is CC(C)(C(N)Cc1ccc(Br)s1)N1CCCCC1. The van der Waals surface area contributed by atoms with Crippen LogP contribution in [0.1, 0.15) is 38.0 Å². The van der Waals surface area contributed by atoms with Crippen molar-refractivity contribution in [2.45, 2.75) is 51.1 Å². The van der Waals surface area contributed by atoms with Crippen molar-refractivity contribution in [3.63, 3.8) is 0 Å². The van der Waals surface area contributed by atoms with Gasteiger partial charge in [-0.2, -0.15) is 0 Å². The highest BCUT2D eigenvalue weighted by atomic mass is 79.9. The van der Waals surface area contributed by atoms with Crippen molar-refractivity contribution >= 4 is 27.3 Å². The smallest absolute Gasteiger partial charge is 0.0701 e. The summed E-state index contributed by atoms with van der Waals surface area (Å²) in [5, 5.41) is 0. The highest BCUT2D eigenvalue weighted by molar-refractivity contribution is 9.11. The van der Waals surface area contributed by atoms with Gasteiger partial charge in [-0.25, -0.2) is 0 Å². The second kappa shape index (κ2) is 6.04. The molecule has 1 aliphatic heterocycles. The van der Waals surface area contributed by atoms with E-state index >= 15 is 0 Å². The summed E-state index contributed by atoms with van der Waals surface area (Å²) in [7, 11) is 0. The Bertz CT molecular complexity index is 383. The minimum Gasteiger partial charge on any atom is -0.326 e. The second-order valence-corrected chi connectivity index (χ2v) is 8.27. The molecule has 102 valence electrons. The van der Waals surface area contributed by atoms with Gasteiger partial charge in [-0.05, 0) is 74.3 Å². The van der Waals surface area contributed by atoms with Gasteiger partial charge < -0.3 is 5.73 Å². The fourth-order valence-corrected chi connectivity index (χ4v) is 4.17. The van der Waals surface area contributed by atoms with E-state index in [1.165, 1.54) is 41.0 Å². The van der Waals surface area contributed by atoms with Crippen LogP contribution in [0.4, 0.5) is 0 Å². The quantitative estimate of drug-likeness (QED) is 0.913. The molecule has 4 heteroatoms. The normalized spacial score (nSPS) is 20.0. The Morgan fingerprint density at radius 3 is 2.56 bits per heavy atom. The van der Waals surface area contributed by atoms with Gasteiger partial charge in [0.2, 0.25) is 0 Å². The Kier molecular flexibility index (Phi) is 4.86. The molecular weight excluding hydrogens is 308 g/mol. The fraction of sp³-hybridized carbons (Fsp3) is 0.714. The Labute approximate surface area is 123 Å². The van der Waals surface area contributed by atoms with Crippen LogP contribution in [-0.4, -0.2) is 29.6 Å². The number of piperidine rings is 1. The number of likely N-dealkylation sites (tertiary alicyclic amines) is 1. The standard InChI is InChI=1S/C14H23BrN2S/c1-14(2,17-8-4-3-5-9-17)12(16)10-11-6-7-13(15)18-11/h6-7,12H,3-5,8-10,16H2,1-2H3. The lowest BCUT2D eigenvalue weighted by atomic mass is 9.88. The lowest BCUT2D eigenvalue weighted by molar-refractivity contribution is 0.0733. The van der Waals surface area contributed by atoms with Crippen LogP contribution in [0.3, 0.4) is 0 Å². The number of rotatable bonds is 4. The van der Waals surface area contributed by atoms with Gasteiger partial charge in [-0.3, -0.25) is 4.90 Å². The molecule has 1 aromatic rings. The number of thiophene rings is 1. The zero-order chi connectivity index (χ0) is 13.2. The van der Waals surface area contributed by atoms with Crippen molar-refractivity contribution in [3.8, 4) is 0 Å². The van der Waals surface area contributed by atoms with Crippen LogP contribution in [0.2, 0.25) is 0 Å². The molecule has 2 nitrogen and oxygen atoms in total. The minimum absolute atomic E-state index is 0.0941. The third-order valence-corrected chi connectivity index (χ3v) is 5.77. The molecule has 0 aliphatic carbocycles. The summed E-state index contributed by atoms with van der Waals surface area (Å²) >= 11 is 5.31. The summed E-state index contributed by atoms with van der Waals surface area (Å²) in [6.45, 7) is 7.00. The topological polar surface area (TPSA) is 29.3 Å². The number of nitrogens with zero attached hydrogens (tertiary/aromatic N) is 1. The molecule has 0 bridgehead atoms. The van der Waals surface area contributed by atoms with E-state index in [1.807, 2.05) is 0 Å². The largest absolute Gasteiger partial charge is 0.326 e. The van der Waals surface area contributed by atoms with Crippen LogP contribution in [0.25, 0.3) is 0 Å². The first-order valence-electron chi connectivity index (χ1n) is 6.75. The van der Waals surface area contributed by atoms with Gasteiger partial charge in [0.25, 0.3) is 0 Å². The lowest BCUT2D eigenvalue weighted by Gasteiger charge is -2.44. The first-order valence-corrected chi connectivity index (χ1v) is 8.36. The molecule has 0 radical (unpaired) electrons. The summed E-state index contributed by atoms with van der Waals surface area (Å²) < 4.78 is 1.19. The molecule has 1 aromatic heterocycles. The van der Waals surface area contributed by atoms with E-state index in [-0.39, 0.29) is 11.6 Å². The first-order chi connectivity index (χ1) is 8.50. The van der Waals surface area contributed by atoms with E-state index in [0.717, 1.165) is 6.42 Å². The maximum atomic E-state index is 6.47.